The summed E-state index contributed by atoms with van der Waals surface area (Å²) in [4.78, 5) is 30.1. The molecule has 2 fully saturated rings. The number of amides is 1. The van der Waals surface area contributed by atoms with E-state index in [9.17, 15) is 9.59 Å². The van der Waals surface area contributed by atoms with Crippen LogP contribution in [-0.2, 0) is 4.79 Å². The van der Waals surface area contributed by atoms with E-state index < -0.39 is 0 Å². The number of carbonyl (C=O) groups excluding carboxylic acids is 2. The molecule has 4 nitrogen and oxygen atoms in total. The molecule has 2 aliphatic rings. The zero-order chi connectivity index (χ0) is 14.3. The fourth-order valence-electron chi connectivity index (χ4n) is 3.12. The van der Waals surface area contributed by atoms with Gasteiger partial charge in [0.15, 0.2) is 5.78 Å². The Morgan fingerprint density at radius 2 is 1.95 bits per heavy atom. The van der Waals surface area contributed by atoms with Crippen molar-refractivity contribution in [2.75, 3.05) is 6.54 Å². The smallest absolute Gasteiger partial charge is 0.254 e. The average molecular weight is 313 g/mol. The molecule has 106 valence electrons. The van der Waals surface area contributed by atoms with Crippen LogP contribution >= 0.6 is 23.2 Å². The number of ketones is 1. The summed E-state index contributed by atoms with van der Waals surface area (Å²) in [5, 5.41) is 0.372. The molecular weight excluding hydrogens is 299 g/mol. The molecular formula is C14H14Cl2N2O2. The molecule has 1 saturated heterocycles. The van der Waals surface area contributed by atoms with E-state index in [1.807, 2.05) is 0 Å². The van der Waals surface area contributed by atoms with Crippen molar-refractivity contribution >= 4 is 34.9 Å². The molecule has 3 rings (SSSR count). The Balaban J connectivity index is 1.87. The maximum Gasteiger partial charge on any atom is 0.254 e. The van der Waals surface area contributed by atoms with Gasteiger partial charge in [0.2, 0.25) is 0 Å². The van der Waals surface area contributed by atoms with E-state index in [4.69, 9.17) is 23.2 Å². The number of hydrogen-bond acceptors (Lipinski definition) is 3. The first-order valence-corrected chi connectivity index (χ1v) is 7.47. The largest absolute Gasteiger partial charge is 0.329 e. The van der Waals surface area contributed by atoms with Crippen molar-refractivity contribution < 1.29 is 9.59 Å². The summed E-state index contributed by atoms with van der Waals surface area (Å²) < 4.78 is 0. The summed E-state index contributed by atoms with van der Waals surface area (Å²) in [6.07, 6.45) is 3.29. The topological polar surface area (TPSA) is 50.3 Å². The van der Waals surface area contributed by atoms with Gasteiger partial charge in [-0.25, -0.2) is 4.98 Å². The molecule has 0 aromatic carbocycles. The number of aromatic nitrogens is 1. The molecule has 1 amide bonds. The van der Waals surface area contributed by atoms with E-state index >= 15 is 0 Å². The van der Waals surface area contributed by atoms with Crippen LogP contribution in [0.4, 0.5) is 0 Å². The third-order valence-corrected chi connectivity index (χ3v) is 4.54. The zero-order valence-electron chi connectivity index (χ0n) is 10.8. The standard InChI is InChI=1S/C14H14Cl2N2O2/c15-12-6-9(7-13(16)17-12)14(20)18-4-3-8-1-2-11(19)10(18)5-8/h6-8,10H,1-5H2. The number of carbonyl (C=O) groups is 2. The van der Waals surface area contributed by atoms with Crippen LogP contribution in [0.5, 0.6) is 0 Å². The predicted octanol–water partition coefficient (Wildman–Crippen LogP) is 2.97. The number of rotatable bonds is 1. The number of fused-ring (bicyclic) bond motifs is 2. The molecule has 20 heavy (non-hydrogen) atoms. The van der Waals surface area contributed by atoms with Crippen molar-refractivity contribution in [2.45, 2.75) is 31.7 Å². The van der Waals surface area contributed by atoms with Crippen molar-refractivity contribution in [1.29, 1.82) is 0 Å². The van der Waals surface area contributed by atoms with Crippen LogP contribution in [0.1, 0.15) is 36.0 Å². The van der Waals surface area contributed by atoms with E-state index in [1.54, 1.807) is 4.90 Å². The summed E-state index contributed by atoms with van der Waals surface area (Å²) >= 11 is 11.7. The van der Waals surface area contributed by atoms with E-state index in [-0.39, 0.29) is 28.0 Å². The molecule has 2 bridgehead atoms. The van der Waals surface area contributed by atoms with E-state index in [2.05, 4.69) is 4.98 Å². The Morgan fingerprint density at radius 3 is 2.65 bits per heavy atom. The van der Waals surface area contributed by atoms with Gasteiger partial charge in [0.05, 0.1) is 6.04 Å². The lowest BCUT2D eigenvalue weighted by atomic mass is 9.79. The minimum absolute atomic E-state index is 0.167. The lowest BCUT2D eigenvalue weighted by Crippen LogP contribution is -2.52. The molecule has 6 heteroatoms. The average Bonchev–Trinajstić information content (AvgIpc) is 2.42. The Labute approximate surface area is 127 Å². The number of likely N-dealkylation sites (tertiary alicyclic amines) is 1. The minimum Gasteiger partial charge on any atom is -0.329 e. The van der Waals surface area contributed by atoms with Crippen LogP contribution in [0.25, 0.3) is 0 Å². The fourth-order valence-corrected chi connectivity index (χ4v) is 3.58. The van der Waals surface area contributed by atoms with Gasteiger partial charge < -0.3 is 4.90 Å². The second-order valence-corrected chi connectivity index (χ2v) is 6.19. The molecule has 1 aromatic rings. The van der Waals surface area contributed by atoms with E-state index in [0.717, 1.165) is 19.3 Å². The molecule has 1 saturated carbocycles. The Hall–Kier alpha value is -1.13. The summed E-state index contributed by atoms with van der Waals surface area (Å²) in [7, 11) is 0. The van der Waals surface area contributed by atoms with Gasteiger partial charge >= 0.3 is 0 Å². The van der Waals surface area contributed by atoms with Crippen LogP contribution in [0, 0.1) is 5.92 Å². The molecule has 0 N–H and O–H groups in total. The number of Topliss-reactive ketones (excluding diaryl/α,β-unsaturated/α-hetero) is 1. The maximum atomic E-state index is 12.6. The van der Waals surface area contributed by atoms with Crippen LogP contribution in [0.3, 0.4) is 0 Å². The molecule has 2 heterocycles. The van der Waals surface area contributed by atoms with Crippen molar-refractivity contribution in [2.24, 2.45) is 5.92 Å². The van der Waals surface area contributed by atoms with Crippen LogP contribution in [0.15, 0.2) is 12.1 Å². The molecule has 1 aromatic heterocycles. The van der Waals surface area contributed by atoms with Crippen molar-refractivity contribution in [1.82, 2.24) is 9.88 Å². The number of pyridine rings is 1. The van der Waals surface area contributed by atoms with Crippen molar-refractivity contribution in [3.8, 4) is 0 Å². The van der Waals surface area contributed by atoms with Gasteiger partial charge in [-0.05, 0) is 37.3 Å². The number of halogens is 2. The maximum absolute atomic E-state index is 12.6. The van der Waals surface area contributed by atoms with Crippen LogP contribution in [0.2, 0.25) is 10.3 Å². The Kier molecular flexibility index (Phi) is 3.69. The van der Waals surface area contributed by atoms with Gasteiger partial charge in [-0.15, -0.1) is 0 Å². The fraction of sp³-hybridized carbons (Fsp3) is 0.500. The van der Waals surface area contributed by atoms with Crippen molar-refractivity contribution in [3.63, 3.8) is 0 Å². The second-order valence-electron chi connectivity index (χ2n) is 5.41. The van der Waals surface area contributed by atoms with Gasteiger partial charge in [0.25, 0.3) is 5.91 Å². The molecule has 0 radical (unpaired) electrons. The predicted molar refractivity (Wildman–Crippen MR) is 76.0 cm³/mol. The summed E-state index contributed by atoms with van der Waals surface area (Å²) in [5.74, 6) is 0.557. The number of nitrogens with zero attached hydrogens (tertiary/aromatic N) is 2. The SMILES string of the molecule is O=C1CCC2CCN(C(=O)c3cc(Cl)nc(Cl)c3)C1C2. The van der Waals surface area contributed by atoms with Crippen molar-refractivity contribution in [3.05, 3.63) is 28.0 Å². The Bertz CT molecular complexity index is 556. The first-order valence-electron chi connectivity index (χ1n) is 6.71. The first kappa shape index (κ1) is 13.8. The number of hydrogen-bond donors (Lipinski definition) is 0. The third kappa shape index (κ3) is 2.54. The molecule has 2 unspecified atom stereocenters. The molecule has 1 aliphatic heterocycles. The van der Waals surface area contributed by atoms with Crippen LogP contribution < -0.4 is 0 Å². The van der Waals surface area contributed by atoms with E-state index in [1.165, 1.54) is 12.1 Å². The lowest BCUT2D eigenvalue weighted by molar-refractivity contribution is -0.128. The van der Waals surface area contributed by atoms with Gasteiger partial charge in [-0.3, -0.25) is 9.59 Å². The monoisotopic (exact) mass is 312 g/mol. The quantitative estimate of drug-likeness (QED) is 0.749. The highest BCUT2D eigenvalue weighted by molar-refractivity contribution is 6.33. The van der Waals surface area contributed by atoms with Gasteiger partial charge in [0, 0.05) is 18.5 Å². The normalized spacial score (nSPS) is 25.7. The summed E-state index contributed by atoms with van der Waals surface area (Å²) in [6, 6.07) is 2.71. The van der Waals surface area contributed by atoms with Gasteiger partial charge in [0.1, 0.15) is 10.3 Å². The highest BCUT2D eigenvalue weighted by atomic mass is 35.5. The van der Waals surface area contributed by atoms with Gasteiger partial charge in [-0.2, -0.15) is 0 Å². The highest BCUT2D eigenvalue weighted by Crippen LogP contribution is 2.33. The Morgan fingerprint density at radius 1 is 1.25 bits per heavy atom. The summed E-state index contributed by atoms with van der Waals surface area (Å²) in [6.45, 7) is 0.622. The minimum atomic E-state index is -0.277. The zero-order valence-corrected chi connectivity index (χ0v) is 12.3. The second kappa shape index (κ2) is 5.34. The van der Waals surface area contributed by atoms with Gasteiger partial charge in [-0.1, -0.05) is 23.2 Å². The van der Waals surface area contributed by atoms with E-state index in [0.29, 0.717) is 24.4 Å². The molecule has 0 spiro atoms. The lowest BCUT2D eigenvalue weighted by Gasteiger charge is -2.42. The molecule has 2 atom stereocenters. The molecule has 1 aliphatic carbocycles. The first-order chi connectivity index (χ1) is 9.54. The van der Waals surface area contributed by atoms with Crippen LogP contribution in [-0.4, -0.2) is 34.2 Å². The number of piperidine rings is 1. The summed E-state index contributed by atoms with van der Waals surface area (Å²) in [5.41, 5.74) is 0.395. The highest BCUT2D eigenvalue weighted by Gasteiger charge is 2.39. The third-order valence-electron chi connectivity index (χ3n) is 4.15.